The highest BCUT2D eigenvalue weighted by molar-refractivity contribution is 8.14. The Kier molecular flexibility index (Phi) is 6.20. The molecule has 112 valence electrons. The van der Waals surface area contributed by atoms with E-state index < -0.39 is 0 Å². The van der Waals surface area contributed by atoms with Gasteiger partial charge in [0.1, 0.15) is 10.0 Å². The lowest BCUT2D eigenvalue weighted by atomic mass is 10.3. The number of amidine groups is 1. The highest BCUT2D eigenvalue weighted by Crippen LogP contribution is 2.32. The van der Waals surface area contributed by atoms with Crippen molar-refractivity contribution in [1.29, 1.82) is 0 Å². The van der Waals surface area contributed by atoms with Crippen molar-refractivity contribution in [3.8, 4) is 10.6 Å². The maximum atomic E-state index is 4.54. The second-order valence-electron chi connectivity index (χ2n) is 4.00. The third kappa shape index (κ3) is 3.83. The monoisotopic (exact) mass is 320 g/mol. The molecule has 2 aromatic heterocycles. The summed E-state index contributed by atoms with van der Waals surface area (Å²) in [6.45, 7) is 7.98. The van der Waals surface area contributed by atoms with E-state index in [0.717, 1.165) is 39.6 Å². The molecule has 0 atom stereocenters. The van der Waals surface area contributed by atoms with Gasteiger partial charge in [-0.3, -0.25) is 9.98 Å². The van der Waals surface area contributed by atoms with Crippen molar-refractivity contribution in [1.82, 2.24) is 9.97 Å². The Bertz CT molecular complexity index is 580. The van der Waals surface area contributed by atoms with E-state index in [4.69, 9.17) is 0 Å². The molecule has 3 heterocycles. The fourth-order valence-corrected chi connectivity index (χ4v) is 3.85. The molecule has 1 aliphatic rings. The number of thioether (sulfide) groups is 1. The number of aliphatic imine (C=N–C) groups is 1. The van der Waals surface area contributed by atoms with E-state index >= 15 is 0 Å². The second kappa shape index (κ2) is 8.14. The van der Waals surface area contributed by atoms with E-state index in [-0.39, 0.29) is 0 Å². The lowest BCUT2D eigenvalue weighted by Gasteiger charge is -2.19. The summed E-state index contributed by atoms with van der Waals surface area (Å²) in [4.78, 5) is 15.4. The van der Waals surface area contributed by atoms with Crippen LogP contribution in [0.5, 0.6) is 0 Å². The van der Waals surface area contributed by atoms with Gasteiger partial charge < -0.3 is 4.90 Å². The quantitative estimate of drug-likeness (QED) is 0.851. The molecule has 4 nitrogen and oxygen atoms in total. The molecular formula is C15H20N4S2. The molecule has 0 aliphatic carbocycles. The predicted molar refractivity (Wildman–Crippen MR) is 94.5 cm³/mol. The fraction of sp³-hybridized carbons (Fsp3) is 0.400. The van der Waals surface area contributed by atoms with Gasteiger partial charge in [0.2, 0.25) is 0 Å². The van der Waals surface area contributed by atoms with Gasteiger partial charge >= 0.3 is 0 Å². The Morgan fingerprint density at radius 1 is 1.29 bits per heavy atom. The topological polar surface area (TPSA) is 41.4 Å². The summed E-state index contributed by atoms with van der Waals surface area (Å²) in [6, 6.07) is 3.97. The summed E-state index contributed by atoms with van der Waals surface area (Å²) in [5, 5.41) is 3.27. The Labute approximate surface area is 134 Å². The summed E-state index contributed by atoms with van der Waals surface area (Å²) in [7, 11) is 0. The van der Waals surface area contributed by atoms with Crippen molar-refractivity contribution < 1.29 is 0 Å². The minimum Gasteiger partial charge on any atom is -0.312 e. The second-order valence-corrected chi connectivity index (χ2v) is 6.07. The van der Waals surface area contributed by atoms with Crippen LogP contribution in [0.2, 0.25) is 0 Å². The van der Waals surface area contributed by atoms with Gasteiger partial charge in [0.05, 0.1) is 12.7 Å². The van der Waals surface area contributed by atoms with Crippen LogP contribution in [-0.2, 0) is 0 Å². The van der Waals surface area contributed by atoms with Gasteiger partial charge in [0.25, 0.3) is 0 Å². The summed E-state index contributed by atoms with van der Waals surface area (Å²) >= 11 is 3.50. The Morgan fingerprint density at radius 3 is 2.76 bits per heavy atom. The Balaban J connectivity index is 0.000000774. The normalized spacial score (nSPS) is 13.4. The van der Waals surface area contributed by atoms with Crippen LogP contribution in [-0.4, -0.2) is 34.0 Å². The predicted octanol–water partition coefficient (Wildman–Crippen LogP) is 4.16. The first-order valence-corrected chi connectivity index (χ1v) is 8.99. The number of aromatic nitrogens is 2. The van der Waals surface area contributed by atoms with Gasteiger partial charge in [0.15, 0.2) is 5.17 Å². The van der Waals surface area contributed by atoms with Gasteiger partial charge in [0, 0.05) is 30.3 Å². The van der Waals surface area contributed by atoms with Crippen molar-refractivity contribution in [2.75, 3.05) is 23.7 Å². The highest BCUT2D eigenvalue weighted by atomic mass is 32.2. The van der Waals surface area contributed by atoms with Gasteiger partial charge in [-0.05, 0) is 19.1 Å². The van der Waals surface area contributed by atoms with Crippen LogP contribution in [0.1, 0.15) is 20.8 Å². The van der Waals surface area contributed by atoms with Crippen LogP contribution in [0.3, 0.4) is 0 Å². The maximum absolute atomic E-state index is 4.54. The number of anilines is 1. The highest BCUT2D eigenvalue weighted by Gasteiger charge is 2.18. The molecule has 0 N–H and O–H groups in total. The number of hydrogen-bond acceptors (Lipinski definition) is 6. The van der Waals surface area contributed by atoms with Gasteiger partial charge in [-0.15, -0.1) is 0 Å². The third-order valence-electron chi connectivity index (χ3n) is 2.78. The van der Waals surface area contributed by atoms with Crippen LogP contribution in [0.4, 0.5) is 5.00 Å². The molecule has 3 rings (SSSR count). The zero-order chi connectivity index (χ0) is 15.1. The summed E-state index contributed by atoms with van der Waals surface area (Å²) in [5.41, 5.74) is 1.07. The lowest BCUT2D eigenvalue weighted by Crippen LogP contribution is -2.26. The van der Waals surface area contributed by atoms with E-state index in [9.17, 15) is 0 Å². The van der Waals surface area contributed by atoms with Crippen LogP contribution in [0.15, 0.2) is 35.7 Å². The molecule has 0 saturated carbocycles. The Hall–Kier alpha value is -1.40. The van der Waals surface area contributed by atoms with E-state index in [1.807, 2.05) is 50.1 Å². The smallest absolute Gasteiger partial charge is 0.164 e. The SMILES string of the molecule is CC.CCN(C1=NCCS1)c1cnc(-c2cccnc2)s1. The molecule has 21 heavy (non-hydrogen) atoms. The van der Waals surface area contributed by atoms with Crippen molar-refractivity contribution in [2.24, 2.45) is 4.99 Å². The first-order chi connectivity index (χ1) is 10.4. The van der Waals surface area contributed by atoms with E-state index in [0.29, 0.717) is 0 Å². The molecule has 2 aromatic rings. The van der Waals surface area contributed by atoms with Gasteiger partial charge in [-0.2, -0.15) is 0 Å². The number of thiazole rings is 1. The third-order valence-corrected chi connectivity index (χ3v) is 4.85. The average Bonchev–Trinajstić information content (AvgIpc) is 3.23. The summed E-state index contributed by atoms with van der Waals surface area (Å²) in [6.07, 6.45) is 5.55. The van der Waals surface area contributed by atoms with E-state index in [2.05, 4.69) is 26.8 Å². The van der Waals surface area contributed by atoms with Crippen LogP contribution in [0, 0.1) is 0 Å². The zero-order valence-electron chi connectivity index (χ0n) is 12.6. The number of hydrogen-bond donors (Lipinski definition) is 0. The summed E-state index contributed by atoms with van der Waals surface area (Å²) in [5.74, 6) is 1.08. The molecule has 1 aliphatic heterocycles. The van der Waals surface area contributed by atoms with Gasteiger partial charge in [-0.25, -0.2) is 4.98 Å². The first kappa shape index (κ1) is 16.0. The molecule has 0 saturated heterocycles. The molecule has 0 fully saturated rings. The first-order valence-electron chi connectivity index (χ1n) is 7.19. The largest absolute Gasteiger partial charge is 0.312 e. The molecule has 0 aromatic carbocycles. The Morgan fingerprint density at radius 2 is 2.14 bits per heavy atom. The summed E-state index contributed by atoms with van der Waals surface area (Å²) < 4.78 is 0. The number of nitrogens with zero attached hydrogens (tertiary/aromatic N) is 4. The van der Waals surface area contributed by atoms with Crippen molar-refractivity contribution in [2.45, 2.75) is 20.8 Å². The lowest BCUT2D eigenvalue weighted by molar-refractivity contribution is 1.06. The van der Waals surface area contributed by atoms with Gasteiger partial charge in [-0.1, -0.05) is 36.9 Å². The minimum absolute atomic E-state index is 0.917. The zero-order valence-corrected chi connectivity index (χ0v) is 14.2. The molecule has 0 unspecified atom stereocenters. The molecule has 0 bridgehead atoms. The van der Waals surface area contributed by atoms with Crippen molar-refractivity contribution in [3.05, 3.63) is 30.7 Å². The fourth-order valence-electron chi connectivity index (χ4n) is 1.89. The molecule has 6 heteroatoms. The standard InChI is InChI=1S/C13H14N4S2.C2H6/c1-2-17(13-15-6-7-18-13)11-9-16-12(19-11)10-4-3-5-14-8-10;1-2/h3-5,8-9H,2,6-7H2,1H3;1-2H3. The number of rotatable bonds is 3. The molecule has 0 radical (unpaired) electrons. The molecule has 0 amide bonds. The van der Waals surface area contributed by atoms with Crippen molar-refractivity contribution in [3.63, 3.8) is 0 Å². The van der Waals surface area contributed by atoms with E-state index in [1.54, 1.807) is 17.5 Å². The minimum atomic E-state index is 0.917. The average molecular weight is 320 g/mol. The molecule has 0 spiro atoms. The molecular weight excluding hydrogens is 300 g/mol. The number of pyridine rings is 1. The van der Waals surface area contributed by atoms with E-state index in [1.165, 1.54) is 0 Å². The maximum Gasteiger partial charge on any atom is 0.164 e. The van der Waals surface area contributed by atoms with Crippen molar-refractivity contribution >= 4 is 33.3 Å². The van der Waals surface area contributed by atoms with Crippen LogP contribution in [0.25, 0.3) is 10.6 Å². The van der Waals surface area contributed by atoms with Crippen LogP contribution < -0.4 is 4.90 Å². The van der Waals surface area contributed by atoms with Crippen LogP contribution >= 0.6 is 23.1 Å².